The van der Waals surface area contributed by atoms with Crippen molar-refractivity contribution in [1.82, 2.24) is 4.98 Å². The van der Waals surface area contributed by atoms with Crippen molar-refractivity contribution >= 4 is 11.6 Å². The molecule has 0 aliphatic rings. The summed E-state index contributed by atoms with van der Waals surface area (Å²) in [6.45, 7) is 2.35. The van der Waals surface area contributed by atoms with Crippen LogP contribution in [0, 0.1) is 13.8 Å². The molecule has 0 aliphatic heterocycles. The molecule has 0 saturated heterocycles. The number of carbonyl (C=O) groups is 1. The van der Waals surface area contributed by atoms with Crippen LogP contribution in [0.15, 0.2) is 36.5 Å². The smallest absolute Gasteiger partial charge is 0.422 e. The third-order valence-electron chi connectivity index (χ3n) is 3.00. The zero-order valence-electron chi connectivity index (χ0n) is 12.6. The number of nitrogens with one attached hydrogen (secondary N) is 1. The number of benzene rings is 1. The first-order valence-corrected chi connectivity index (χ1v) is 6.79. The third-order valence-corrected chi connectivity index (χ3v) is 3.00. The molecule has 7 heteroatoms. The van der Waals surface area contributed by atoms with Crippen LogP contribution in [0.1, 0.15) is 21.5 Å². The summed E-state index contributed by atoms with van der Waals surface area (Å²) in [6, 6.07) is 8.13. The number of amides is 1. The van der Waals surface area contributed by atoms with E-state index in [9.17, 15) is 18.0 Å². The maximum atomic E-state index is 12.2. The molecule has 0 saturated carbocycles. The average Bonchev–Trinajstić information content (AvgIpc) is 2.45. The van der Waals surface area contributed by atoms with E-state index in [2.05, 4.69) is 15.0 Å². The number of aryl methyl sites for hydroxylation is 2. The number of anilines is 1. The number of alkyl halides is 3. The van der Waals surface area contributed by atoms with Crippen LogP contribution in [0.2, 0.25) is 0 Å². The highest BCUT2D eigenvalue weighted by atomic mass is 19.4. The Bertz CT molecular complexity index is 697. The Labute approximate surface area is 131 Å². The molecule has 0 bridgehead atoms. The number of halogens is 3. The molecule has 4 nitrogen and oxygen atoms in total. The van der Waals surface area contributed by atoms with E-state index in [0.717, 1.165) is 11.1 Å². The third kappa shape index (κ3) is 4.98. The first-order chi connectivity index (χ1) is 10.7. The van der Waals surface area contributed by atoms with Crippen molar-refractivity contribution in [2.45, 2.75) is 20.0 Å². The van der Waals surface area contributed by atoms with Crippen LogP contribution in [-0.4, -0.2) is 23.7 Å². The largest absolute Gasteiger partial charge is 0.468 e. The molecule has 2 rings (SSSR count). The molecule has 1 aromatic heterocycles. The molecule has 23 heavy (non-hydrogen) atoms. The van der Waals surface area contributed by atoms with Crippen molar-refractivity contribution in [3.63, 3.8) is 0 Å². The van der Waals surface area contributed by atoms with Gasteiger partial charge in [-0.3, -0.25) is 4.79 Å². The van der Waals surface area contributed by atoms with Gasteiger partial charge in [-0.05, 0) is 31.5 Å². The molecular weight excluding hydrogens is 309 g/mol. The van der Waals surface area contributed by atoms with E-state index in [0.29, 0.717) is 11.3 Å². The number of hydrogen-bond acceptors (Lipinski definition) is 3. The standard InChI is InChI=1S/C16H15F3N2O2/c1-10-3-5-13(11(2)7-10)15(22)21-12-4-6-14(20-8-12)23-9-16(17,18)19/h3-8H,9H2,1-2H3,(H,21,22). The van der Waals surface area contributed by atoms with Crippen molar-refractivity contribution < 1.29 is 22.7 Å². The van der Waals surface area contributed by atoms with E-state index in [-0.39, 0.29) is 11.8 Å². The van der Waals surface area contributed by atoms with E-state index in [1.165, 1.54) is 18.3 Å². The fourth-order valence-electron chi connectivity index (χ4n) is 1.96. The lowest BCUT2D eigenvalue weighted by Gasteiger charge is -2.10. The molecular formula is C16H15F3N2O2. The van der Waals surface area contributed by atoms with Crippen LogP contribution in [0.5, 0.6) is 5.88 Å². The fraction of sp³-hybridized carbons (Fsp3) is 0.250. The SMILES string of the molecule is Cc1ccc(C(=O)Nc2ccc(OCC(F)(F)F)nc2)c(C)c1. The summed E-state index contributed by atoms with van der Waals surface area (Å²) in [7, 11) is 0. The summed E-state index contributed by atoms with van der Waals surface area (Å²) >= 11 is 0. The van der Waals surface area contributed by atoms with Gasteiger partial charge in [0.1, 0.15) is 0 Å². The fourth-order valence-corrected chi connectivity index (χ4v) is 1.96. The Morgan fingerprint density at radius 2 is 1.96 bits per heavy atom. The van der Waals surface area contributed by atoms with E-state index < -0.39 is 12.8 Å². The Morgan fingerprint density at radius 1 is 1.22 bits per heavy atom. The lowest BCUT2D eigenvalue weighted by Crippen LogP contribution is -2.19. The molecule has 1 aromatic carbocycles. The van der Waals surface area contributed by atoms with Crippen LogP contribution in [0.3, 0.4) is 0 Å². The maximum Gasteiger partial charge on any atom is 0.422 e. The van der Waals surface area contributed by atoms with Crippen molar-refractivity contribution in [1.29, 1.82) is 0 Å². The lowest BCUT2D eigenvalue weighted by molar-refractivity contribution is -0.154. The molecule has 1 amide bonds. The minimum atomic E-state index is -4.42. The Hall–Kier alpha value is -2.57. The predicted molar refractivity (Wildman–Crippen MR) is 79.7 cm³/mol. The second-order valence-corrected chi connectivity index (χ2v) is 5.06. The van der Waals surface area contributed by atoms with Gasteiger partial charge < -0.3 is 10.1 Å². The van der Waals surface area contributed by atoms with Gasteiger partial charge in [0, 0.05) is 11.6 Å². The van der Waals surface area contributed by atoms with Crippen molar-refractivity contribution in [2.24, 2.45) is 0 Å². The highest BCUT2D eigenvalue weighted by Crippen LogP contribution is 2.19. The Kier molecular flexibility index (Phi) is 4.88. The van der Waals surface area contributed by atoms with Crippen LogP contribution in [0.4, 0.5) is 18.9 Å². The van der Waals surface area contributed by atoms with E-state index in [4.69, 9.17) is 0 Å². The van der Waals surface area contributed by atoms with Gasteiger partial charge in [-0.25, -0.2) is 4.98 Å². The minimum absolute atomic E-state index is 0.160. The molecule has 0 fully saturated rings. The first kappa shape index (κ1) is 16.8. The summed E-state index contributed by atoms with van der Waals surface area (Å²) in [5.74, 6) is -0.472. The van der Waals surface area contributed by atoms with Crippen LogP contribution < -0.4 is 10.1 Å². The van der Waals surface area contributed by atoms with Crippen molar-refractivity contribution in [3.05, 3.63) is 53.2 Å². The van der Waals surface area contributed by atoms with Gasteiger partial charge in [0.2, 0.25) is 5.88 Å². The maximum absolute atomic E-state index is 12.2. The first-order valence-electron chi connectivity index (χ1n) is 6.79. The van der Waals surface area contributed by atoms with Crippen LogP contribution >= 0.6 is 0 Å². The number of pyridine rings is 1. The van der Waals surface area contributed by atoms with Gasteiger partial charge in [0.15, 0.2) is 6.61 Å². The van der Waals surface area contributed by atoms with Gasteiger partial charge in [-0.1, -0.05) is 17.7 Å². The highest BCUT2D eigenvalue weighted by Gasteiger charge is 2.28. The lowest BCUT2D eigenvalue weighted by atomic mass is 10.1. The van der Waals surface area contributed by atoms with E-state index >= 15 is 0 Å². The zero-order valence-corrected chi connectivity index (χ0v) is 12.6. The minimum Gasteiger partial charge on any atom is -0.468 e. The number of nitrogens with zero attached hydrogens (tertiary/aromatic N) is 1. The molecule has 1 N–H and O–H groups in total. The Morgan fingerprint density at radius 3 is 2.52 bits per heavy atom. The highest BCUT2D eigenvalue weighted by molar-refractivity contribution is 6.05. The molecule has 0 radical (unpaired) electrons. The van der Waals surface area contributed by atoms with Crippen molar-refractivity contribution in [3.8, 4) is 5.88 Å². The van der Waals surface area contributed by atoms with E-state index in [1.54, 1.807) is 6.07 Å². The number of ether oxygens (including phenoxy) is 1. The molecule has 0 aliphatic carbocycles. The molecule has 0 unspecified atom stereocenters. The summed E-state index contributed by atoms with van der Waals surface area (Å²) < 4.78 is 40.6. The van der Waals surface area contributed by atoms with Crippen LogP contribution in [0.25, 0.3) is 0 Å². The van der Waals surface area contributed by atoms with Gasteiger partial charge in [-0.15, -0.1) is 0 Å². The molecule has 122 valence electrons. The average molecular weight is 324 g/mol. The number of hydrogen-bond donors (Lipinski definition) is 1. The summed E-state index contributed by atoms with van der Waals surface area (Å²) in [5, 5.41) is 2.64. The van der Waals surface area contributed by atoms with Crippen LogP contribution in [-0.2, 0) is 0 Å². The van der Waals surface area contributed by atoms with E-state index in [1.807, 2.05) is 26.0 Å². The Balaban J connectivity index is 2.01. The number of aromatic nitrogens is 1. The topological polar surface area (TPSA) is 51.2 Å². The second-order valence-electron chi connectivity index (χ2n) is 5.06. The van der Waals surface area contributed by atoms with Gasteiger partial charge in [0.25, 0.3) is 5.91 Å². The van der Waals surface area contributed by atoms with Gasteiger partial charge in [-0.2, -0.15) is 13.2 Å². The summed E-state index contributed by atoms with van der Waals surface area (Å²) in [5.41, 5.74) is 2.77. The predicted octanol–water partition coefficient (Wildman–Crippen LogP) is 3.89. The normalized spacial score (nSPS) is 11.2. The zero-order chi connectivity index (χ0) is 17.0. The second kappa shape index (κ2) is 6.68. The summed E-state index contributed by atoms with van der Waals surface area (Å²) in [6.07, 6.45) is -3.18. The monoisotopic (exact) mass is 324 g/mol. The van der Waals surface area contributed by atoms with Gasteiger partial charge >= 0.3 is 6.18 Å². The molecule has 2 aromatic rings. The van der Waals surface area contributed by atoms with Gasteiger partial charge in [0.05, 0.1) is 11.9 Å². The number of carbonyl (C=O) groups excluding carboxylic acids is 1. The molecule has 1 heterocycles. The quantitative estimate of drug-likeness (QED) is 0.928. The number of rotatable bonds is 4. The molecule has 0 atom stereocenters. The summed E-state index contributed by atoms with van der Waals surface area (Å²) in [4.78, 5) is 15.9. The molecule has 0 spiro atoms. The van der Waals surface area contributed by atoms with Crippen molar-refractivity contribution in [2.75, 3.05) is 11.9 Å².